The number of anilines is 1. The number of hydrogen-bond donors (Lipinski definition) is 3. The maximum absolute atomic E-state index is 12.2. The summed E-state index contributed by atoms with van der Waals surface area (Å²) in [7, 11) is 1.70. The zero-order valence-corrected chi connectivity index (χ0v) is 12.4. The summed E-state index contributed by atoms with van der Waals surface area (Å²) in [6.07, 6.45) is 0. The molecule has 2 rings (SSSR count). The third-order valence-electron chi connectivity index (χ3n) is 3.50. The zero-order valence-electron chi connectivity index (χ0n) is 12.4. The standard InChI is InChI=1S/C15H20N4O2/c1-4-19(3)15(21)9(2)17-14(20)12-8-10-6-5-7-11(16)13(10)18-12/h5-9,18H,4,16H2,1-3H3,(H,17,20). The molecule has 6 heteroatoms. The van der Waals surface area contributed by atoms with E-state index in [1.807, 2.05) is 19.1 Å². The summed E-state index contributed by atoms with van der Waals surface area (Å²) in [5.74, 6) is -0.447. The maximum Gasteiger partial charge on any atom is 0.268 e. The average molecular weight is 288 g/mol. The van der Waals surface area contributed by atoms with Crippen LogP contribution in [0.1, 0.15) is 24.3 Å². The summed E-state index contributed by atoms with van der Waals surface area (Å²) < 4.78 is 0. The van der Waals surface area contributed by atoms with E-state index in [0.717, 1.165) is 10.9 Å². The highest BCUT2D eigenvalue weighted by molar-refractivity contribution is 6.02. The lowest BCUT2D eigenvalue weighted by Gasteiger charge is -2.20. The monoisotopic (exact) mass is 288 g/mol. The number of aromatic nitrogens is 1. The number of hydrogen-bond acceptors (Lipinski definition) is 3. The number of nitrogens with one attached hydrogen (secondary N) is 2. The molecule has 0 bridgehead atoms. The lowest BCUT2D eigenvalue weighted by atomic mass is 10.2. The summed E-state index contributed by atoms with van der Waals surface area (Å²) in [6, 6.07) is 6.62. The van der Waals surface area contributed by atoms with Gasteiger partial charge in [0.25, 0.3) is 5.91 Å². The number of carbonyl (C=O) groups excluding carboxylic acids is 2. The van der Waals surface area contributed by atoms with Gasteiger partial charge in [0.1, 0.15) is 11.7 Å². The van der Waals surface area contributed by atoms with Crippen molar-refractivity contribution in [3.05, 3.63) is 30.0 Å². The van der Waals surface area contributed by atoms with Crippen LogP contribution in [0.4, 0.5) is 5.69 Å². The Bertz CT molecular complexity index is 677. The lowest BCUT2D eigenvalue weighted by molar-refractivity contribution is -0.131. The molecule has 1 atom stereocenters. The molecule has 0 aliphatic rings. The van der Waals surface area contributed by atoms with Crippen LogP contribution in [0.3, 0.4) is 0 Å². The number of nitrogens with zero attached hydrogens (tertiary/aromatic N) is 1. The number of para-hydroxylation sites is 1. The summed E-state index contributed by atoms with van der Waals surface area (Å²) in [4.78, 5) is 28.7. The van der Waals surface area contributed by atoms with E-state index in [0.29, 0.717) is 17.9 Å². The molecule has 2 aromatic rings. The molecule has 112 valence electrons. The molecule has 0 aliphatic carbocycles. The van der Waals surface area contributed by atoms with E-state index in [1.54, 1.807) is 31.0 Å². The molecule has 1 unspecified atom stereocenters. The first-order chi connectivity index (χ1) is 9.93. The van der Waals surface area contributed by atoms with Gasteiger partial charge in [0.05, 0.1) is 11.2 Å². The molecule has 21 heavy (non-hydrogen) atoms. The number of amides is 2. The molecule has 0 saturated carbocycles. The average Bonchev–Trinajstić information content (AvgIpc) is 2.91. The summed E-state index contributed by atoms with van der Waals surface area (Å²) in [5.41, 5.74) is 7.56. The fraction of sp³-hybridized carbons (Fsp3) is 0.333. The molecular formula is C15H20N4O2. The van der Waals surface area contributed by atoms with E-state index in [1.165, 1.54) is 0 Å². The highest BCUT2D eigenvalue weighted by Crippen LogP contribution is 2.21. The van der Waals surface area contributed by atoms with Gasteiger partial charge in [0, 0.05) is 19.0 Å². The van der Waals surface area contributed by atoms with Crippen LogP contribution >= 0.6 is 0 Å². The number of likely N-dealkylation sites (N-methyl/N-ethyl adjacent to an activating group) is 1. The number of H-pyrrole nitrogens is 1. The SMILES string of the molecule is CCN(C)C(=O)C(C)NC(=O)c1cc2cccc(N)c2[nH]1. The van der Waals surface area contributed by atoms with Crippen LogP contribution < -0.4 is 11.1 Å². The second-order valence-electron chi connectivity index (χ2n) is 5.04. The van der Waals surface area contributed by atoms with Crippen molar-refractivity contribution < 1.29 is 9.59 Å². The molecule has 6 nitrogen and oxygen atoms in total. The molecular weight excluding hydrogens is 268 g/mol. The predicted octanol–water partition coefficient (Wildman–Crippen LogP) is 1.35. The number of aromatic amines is 1. The summed E-state index contributed by atoms with van der Waals surface area (Å²) in [5, 5.41) is 3.55. The first-order valence-electron chi connectivity index (χ1n) is 6.87. The van der Waals surface area contributed by atoms with E-state index in [-0.39, 0.29) is 11.8 Å². The van der Waals surface area contributed by atoms with Crippen molar-refractivity contribution in [3.8, 4) is 0 Å². The van der Waals surface area contributed by atoms with Crippen molar-refractivity contribution >= 4 is 28.4 Å². The predicted molar refractivity (Wildman–Crippen MR) is 83.0 cm³/mol. The highest BCUT2D eigenvalue weighted by atomic mass is 16.2. The van der Waals surface area contributed by atoms with Crippen LogP contribution in [0.2, 0.25) is 0 Å². The van der Waals surface area contributed by atoms with Crippen molar-refractivity contribution in [1.82, 2.24) is 15.2 Å². The first-order valence-corrected chi connectivity index (χ1v) is 6.87. The Morgan fingerprint density at radius 3 is 2.76 bits per heavy atom. The van der Waals surface area contributed by atoms with Crippen molar-refractivity contribution in [3.63, 3.8) is 0 Å². The van der Waals surface area contributed by atoms with Crippen molar-refractivity contribution in [1.29, 1.82) is 0 Å². The van der Waals surface area contributed by atoms with Crippen LogP contribution in [-0.4, -0.2) is 41.3 Å². The minimum atomic E-state index is -0.578. The topological polar surface area (TPSA) is 91.2 Å². The van der Waals surface area contributed by atoms with Gasteiger partial charge in [-0.2, -0.15) is 0 Å². The Morgan fingerprint density at radius 1 is 1.43 bits per heavy atom. The fourth-order valence-corrected chi connectivity index (χ4v) is 2.12. The third kappa shape index (κ3) is 2.99. The van der Waals surface area contributed by atoms with E-state index in [2.05, 4.69) is 10.3 Å². The Morgan fingerprint density at radius 2 is 2.14 bits per heavy atom. The quantitative estimate of drug-likeness (QED) is 0.742. The number of carbonyl (C=O) groups is 2. The Balaban J connectivity index is 2.15. The van der Waals surface area contributed by atoms with Crippen LogP contribution in [0.25, 0.3) is 10.9 Å². The number of benzene rings is 1. The van der Waals surface area contributed by atoms with Gasteiger partial charge in [-0.15, -0.1) is 0 Å². The van der Waals surface area contributed by atoms with Crippen LogP contribution in [-0.2, 0) is 4.79 Å². The molecule has 0 aliphatic heterocycles. The fourth-order valence-electron chi connectivity index (χ4n) is 2.12. The van der Waals surface area contributed by atoms with E-state index in [9.17, 15) is 9.59 Å². The number of fused-ring (bicyclic) bond motifs is 1. The molecule has 1 heterocycles. The second kappa shape index (κ2) is 5.87. The zero-order chi connectivity index (χ0) is 15.6. The second-order valence-corrected chi connectivity index (χ2v) is 5.04. The van der Waals surface area contributed by atoms with Gasteiger partial charge in [0.2, 0.25) is 5.91 Å². The van der Waals surface area contributed by atoms with E-state index >= 15 is 0 Å². The smallest absolute Gasteiger partial charge is 0.268 e. The molecule has 1 aromatic carbocycles. The third-order valence-corrected chi connectivity index (χ3v) is 3.50. The van der Waals surface area contributed by atoms with Gasteiger partial charge in [0.15, 0.2) is 0 Å². The van der Waals surface area contributed by atoms with Crippen LogP contribution in [0.15, 0.2) is 24.3 Å². The highest BCUT2D eigenvalue weighted by Gasteiger charge is 2.20. The molecule has 4 N–H and O–H groups in total. The summed E-state index contributed by atoms with van der Waals surface area (Å²) in [6.45, 7) is 4.15. The van der Waals surface area contributed by atoms with E-state index < -0.39 is 6.04 Å². The molecule has 0 saturated heterocycles. The summed E-state index contributed by atoms with van der Waals surface area (Å²) >= 11 is 0. The normalized spacial score (nSPS) is 12.1. The minimum Gasteiger partial charge on any atom is -0.397 e. The molecule has 0 spiro atoms. The Labute approximate surface area is 123 Å². The lowest BCUT2D eigenvalue weighted by Crippen LogP contribution is -2.45. The van der Waals surface area contributed by atoms with Crippen LogP contribution in [0.5, 0.6) is 0 Å². The Hall–Kier alpha value is -2.50. The molecule has 2 amide bonds. The number of rotatable bonds is 4. The van der Waals surface area contributed by atoms with Gasteiger partial charge in [-0.1, -0.05) is 12.1 Å². The molecule has 0 radical (unpaired) electrons. The largest absolute Gasteiger partial charge is 0.397 e. The van der Waals surface area contributed by atoms with Crippen LogP contribution in [0, 0.1) is 0 Å². The van der Waals surface area contributed by atoms with Gasteiger partial charge < -0.3 is 20.9 Å². The van der Waals surface area contributed by atoms with Gasteiger partial charge >= 0.3 is 0 Å². The van der Waals surface area contributed by atoms with E-state index in [4.69, 9.17) is 5.73 Å². The van der Waals surface area contributed by atoms with Crippen molar-refractivity contribution in [2.45, 2.75) is 19.9 Å². The van der Waals surface area contributed by atoms with Gasteiger partial charge in [-0.25, -0.2) is 0 Å². The first kappa shape index (κ1) is 14.9. The maximum atomic E-state index is 12.2. The molecule has 0 fully saturated rings. The van der Waals surface area contributed by atoms with Gasteiger partial charge in [-0.3, -0.25) is 9.59 Å². The number of nitrogens with two attached hydrogens (primary N) is 1. The van der Waals surface area contributed by atoms with Gasteiger partial charge in [-0.05, 0) is 26.0 Å². The Kier molecular flexibility index (Phi) is 4.16. The molecule has 1 aromatic heterocycles. The minimum absolute atomic E-state index is 0.124. The van der Waals surface area contributed by atoms with Crippen molar-refractivity contribution in [2.75, 3.05) is 19.3 Å². The van der Waals surface area contributed by atoms with Crippen molar-refractivity contribution in [2.24, 2.45) is 0 Å². The number of nitrogen functional groups attached to an aromatic ring is 1.